The van der Waals surface area contributed by atoms with Crippen molar-refractivity contribution >= 4 is 35.0 Å². The topological polar surface area (TPSA) is 81.1 Å². The number of thiol groups is 1. The van der Waals surface area contributed by atoms with E-state index in [9.17, 15) is 4.39 Å². The zero-order valence-electron chi connectivity index (χ0n) is 13.4. The van der Waals surface area contributed by atoms with Crippen LogP contribution in [0.15, 0.2) is 41.6 Å². The highest BCUT2D eigenvalue weighted by Crippen LogP contribution is 2.30. The number of hydrogen-bond donors (Lipinski definition) is 3. The minimum Gasteiger partial charge on any atom is -0.372 e. The number of anilines is 1. The second kappa shape index (κ2) is 5.98. The average Bonchev–Trinajstić information content (AvgIpc) is 3.04. The second-order valence-corrected chi connectivity index (χ2v) is 6.01. The zero-order valence-corrected chi connectivity index (χ0v) is 14.3. The maximum atomic E-state index is 13.5. The first-order valence-corrected chi connectivity index (χ1v) is 8.10. The Morgan fingerprint density at radius 2 is 2.12 bits per heavy atom. The van der Waals surface area contributed by atoms with Crippen LogP contribution in [0.1, 0.15) is 5.69 Å². The van der Waals surface area contributed by atoms with E-state index in [0.29, 0.717) is 22.1 Å². The van der Waals surface area contributed by atoms with Gasteiger partial charge in [-0.15, -0.1) is 12.6 Å². The van der Waals surface area contributed by atoms with Crippen molar-refractivity contribution in [3.63, 3.8) is 0 Å². The van der Waals surface area contributed by atoms with Gasteiger partial charge in [-0.25, -0.2) is 9.37 Å². The molecule has 0 fully saturated rings. The Balaban J connectivity index is 1.98. The number of halogens is 1. The van der Waals surface area contributed by atoms with Gasteiger partial charge in [-0.3, -0.25) is 4.98 Å². The van der Waals surface area contributed by atoms with Crippen LogP contribution < -0.4 is 11.1 Å². The SMILES string of the molecule is CNc1c(S)c(CN)nc2c(-c3cnc4ccc(F)cc4c3)cnn12. The lowest BCUT2D eigenvalue weighted by Gasteiger charge is -2.11. The quantitative estimate of drug-likeness (QED) is 0.493. The van der Waals surface area contributed by atoms with Crippen LogP contribution in [0, 0.1) is 5.82 Å². The van der Waals surface area contributed by atoms with Gasteiger partial charge in [0.15, 0.2) is 5.65 Å². The zero-order chi connectivity index (χ0) is 17.6. The summed E-state index contributed by atoms with van der Waals surface area (Å²) in [7, 11) is 1.79. The van der Waals surface area contributed by atoms with E-state index in [4.69, 9.17) is 5.73 Å². The molecule has 0 aliphatic heterocycles. The summed E-state index contributed by atoms with van der Waals surface area (Å²) in [4.78, 5) is 9.65. The van der Waals surface area contributed by atoms with Crippen molar-refractivity contribution in [2.24, 2.45) is 5.73 Å². The Hall–Kier alpha value is -2.71. The first-order valence-electron chi connectivity index (χ1n) is 7.65. The van der Waals surface area contributed by atoms with Crippen molar-refractivity contribution in [3.8, 4) is 11.1 Å². The Labute approximate surface area is 148 Å². The lowest BCUT2D eigenvalue weighted by molar-refractivity contribution is 0.629. The molecule has 0 spiro atoms. The number of hydrogen-bond acceptors (Lipinski definition) is 6. The Morgan fingerprint density at radius 1 is 1.28 bits per heavy atom. The molecule has 0 aliphatic rings. The molecule has 3 aromatic heterocycles. The number of benzene rings is 1. The third kappa shape index (κ3) is 2.50. The standard InChI is InChI=1S/C17H15FN6S/c1-20-17-15(25)14(6-19)23-16-12(8-22-24(16)17)10-4-9-5-11(18)2-3-13(9)21-7-10/h2-5,7-8,20,25H,6,19H2,1H3. The summed E-state index contributed by atoms with van der Waals surface area (Å²) in [6.45, 7) is 0.260. The second-order valence-electron chi connectivity index (χ2n) is 5.56. The van der Waals surface area contributed by atoms with Crippen molar-refractivity contribution in [3.05, 3.63) is 48.2 Å². The first-order chi connectivity index (χ1) is 12.1. The highest BCUT2D eigenvalue weighted by molar-refractivity contribution is 7.80. The summed E-state index contributed by atoms with van der Waals surface area (Å²) >= 11 is 4.48. The van der Waals surface area contributed by atoms with E-state index in [-0.39, 0.29) is 12.4 Å². The minimum atomic E-state index is -0.299. The van der Waals surface area contributed by atoms with Crippen molar-refractivity contribution < 1.29 is 4.39 Å². The first kappa shape index (κ1) is 15.8. The Bertz CT molecular complexity index is 1110. The number of nitrogens with one attached hydrogen (secondary N) is 1. The molecule has 3 N–H and O–H groups in total. The van der Waals surface area contributed by atoms with E-state index in [2.05, 4.69) is 33.0 Å². The monoisotopic (exact) mass is 354 g/mol. The Morgan fingerprint density at radius 3 is 2.88 bits per heavy atom. The number of aromatic nitrogens is 4. The van der Waals surface area contributed by atoms with Gasteiger partial charge in [-0.05, 0) is 24.3 Å². The summed E-state index contributed by atoms with van der Waals surface area (Å²) in [6.07, 6.45) is 3.44. The predicted octanol–water partition coefficient (Wildman–Crippen LogP) is 2.87. The molecule has 126 valence electrons. The molecule has 25 heavy (non-hydrogen) atoms. The fourth-order valence-corrected chi connectivity index (χ4v) is 3.20. The van der Waals surface area contributed by atoms with Crippen molar-refractivity contribution in [1.82, 2.24) is 19.6 Å². The lowest BCUT2D eigenvalue weighted by atomic mass is 10.1. The van der Waals surface area contributed by atoms with Gasteiger partial charge < -0.3 is 11.1 Å². The molecule has 8 heteroatoms. The number of rotatable bonds is 3. The molecule has 3 heterocycles. The summed E-state index contributed by atoms with van der Waals surface area (Å²) in [5.41, 5.74) is 9.42. The van der Waals surface area contributed by atoms with Gasteiger partial charge in [0, 0.05) is 36.3 Å². The van der Waals surface area contributed by atoms with Gasteiger partial charge in [-0.1, -0.05) is 0 Å². The van der Waals surface area contributed by atoms with Crippen LogP contribution >= 0.6 is 12.6 Å². The Kier molecular flexibility index (Phi) is 3.78. The van der Waals surface area contributed by atoms with E-state index < -0.39 is 0 Å². The van der Waals surface area contributed by atoms with Gasteiger partial charge in [0.1, 0.15) is 11.6 Å². The number of pyridine rings is 1. The van der Waals surface area contributed by atoms with Gasteiger partial charge in [0.25, 0.3) is 0 Å². The molecule has 0 unspecified atom stereocenters. The smallest absolute Gasteiger partial charge is 0.165 e. The number of nitrogens with zero attached hydrogens (tertiary/aromatic N) is 4. The van der Waals surface area contributed by atoms with Crippen LogP contribution in [-0.4, -0.2) is 26.6 Å². The molecule has 0 saturated carbocycles. The molecule has 0 saturated heterocycles. The van der Waals surface area contributed by atoms with Gasteiger partial charge >= 0.3 is 0 Å². The molecule has 0 amide bonds. The molecule has 4 aromatic rings. The molecule has 1 aromatic carbocycles. The lowest BCUT2D eigenvalue weighted by Crippen LogP contribution is -2.09. The van der Waals surface area contributed by atoms with Gasteiger partial charge in [0.2, 0.25) is 0 Å². The maximum Gasteiger partial charge on any atom is 0.165 e. The van der Waals surface area contributed by atoms with Gasteiger partial charge in [0.05, 0.1) is 22.3 Å². The van der Waals surface area contributed by atoms with Crippen LogP contribution in [0.3, 0.4) is 0 Å². The molecular formula is C17H15FN6S. The molecular weight excluding hydrogens is 339 g/mol. The predicted molar refractivity (Wildman–Crippen MR) is 98.4 cm³/mol. The minimum absolute atomic E-state index is 0.260. The third-order valence-electron chi connectivity index (χ3n) is 4.08. The van der Waals surface area contributed by atoms with Crippen LogP contribution in [0.4, 0.5) is 10.2 Å². The van der Waals surface area contributed by atoms with Crippen molar-refractivity contribution in [1.29, 1.82) is 0 Å². The van der Waals surface area contributed by atoms with Crippen molar-refractivity contribution in [2.45, 2.75) is 11.4 Å². The summed E-state index contributed by atoms with van der Waals surface area (Å²) in [6, 6.07) is 6.38. The van der Waals surface area contributed by atoms with Crippen LogP contribution in [0.25, 0.3) is 27.7 Å². The molecule has 6 nitrogen and oxygen atoms in total. The van der Waals surface area contributed by atoms with E-state index in [1.54, 1.807) is 30.0 Å². The van der Waals surface area contributed by atoms with E-state index >= 15 is 0 Å². The molecule has 0 aliphatic carbocycles. The van der Waals surface area contributed by atoms with E-state index in [1.165, 1.54) is 12.1 Å². The third-order valence-corrected chi connectivity index (χ3v) is 4.55. The largest absolute Gasteiger partial charge is 0.372 e. The van der Waals surface area contributed by atoms with Crippen LogP contribution in [0.2, 0.25) is 0 Å². The van der Waals surface area contributed by atoms with Crippen molar-refractivity contribution in [2.75, 3.05) is 12.4 Å². The van der Waals surface area contributed by atoms with E-state index in [0.717, 1.165) is 22.0 Å². The summed E-state index contributed by atoms with van der Waals surface area (Å²) in [5.74, 6) is 0.409. The summed E-state index contributed by atoms with van der Waals surface area (Å²) < 4.78 is 15.2. The van der Waals surface area contributed by atoms with Crippen LogP contribution in [0.5, 0.6) is 0 Å². The average molecular weight is 354 g/mol. The maximum absolute atomic E-state index is 13.5. The van der Waals surface area contributed by atoms with Gasteiger partial charge in [-0.2, -0.15) is 9.61 Å². The summed E-state index contributed by atoms with van der Waals surface area (Å²) in [5, 5.41) is 8.20. The highest BCUT2D eigenvalue weighted by Gasteiger charge is 2.16. The molecule has 4 rings (SSSR count). The van der Waals surface area contributed by atoms with Crippen LogP contribution in [-0.2, 0) is 6.54 Å². The normalized spacial score (nSPS) is 11.4. The highest BCUT2D eigenvalue weighted by atomic mass is 32.1. The number of fused-ring (bicyclic) bond motifs is 2. The fraction of sp³-hybridized carbons (Fsp3) is 0.118. The molecule has 0 bridgehead atoms. The molecule has 0 atom stereocenters. The molecule has 0 radical (unpaired) electrons. The number of nitrogens with two attached hydrogens (primary N) is 1. The van der Waals surface area contributed by atoms with E-state index in [1.807, 2.05) is 6.07 Å². The fourth-order valence-electron chi connectivity index (χ4n) is 2.85.